The van der Waals surface area contributed by atoms with Gasteiger partial charge in [-0.15, -0.1) is 0 Å². The molecule has 0 aliphatic carbocycles. The highest BCUT2D eigenvalue weighted by Crippen LogP contribution is 2.22. The molecule has 2 rings (SSSR count). The van der Waals surface area contributed by atoms with Crippen LogP contribution in [-0.4, -0.2) is 20.6 Å². The lowest BCUT2D eigenvalue weighted by atomic mass is 10.1. The summed E-state index contributed by atoms with van der Waals surface area (Å²) in [5.74, 6) is -0.477. The zero-order valence-electron chi connectivity index (χ0n) is 9.39. The molecule has 2 aromatic rings. The number of hydrogen-bond donors (Lipinski definition) is 2. The van der Waals surface area contributed by atoms with E-state index in [1.165, 1.54) is 16.7 Å². The lowest BCUT2D eigenvalue weighted by molar-refractivity contribution is 0.1000. The number of aromatic nitrogens is 2. The standard InChI is InChI=1S/C11H11N3O3/c1-5-13-7-3-6(10(12)16)4-8(15)9(7)11(17)14(5)2/h3-4,15H,1-2H3,(H2,12,16). The fourth-order valence-corrected chi connectivity index (χ4v) is 1.63. The van der Waals surface area contributed by atoms with E-state index in [4.69, 9.17) is 5.73 Å². The highest BCUT2D eigenvalue weighted by Gasteiger charge is 2.13. The predicted molar refractivity (Wildman–Crippen MR) is 61.9 cm³/mol. The third kappa shape index (κ3) is 1.63. The van der Waals surface area contributed by atoms with E-state index >= 15 is 0 Å². The largest absolute Gasteiger partial charge is 0.507 e. The number of nitrogens with zero attached hydrogens (tertiary/aromatic N) is 2. The number of rotatable bonds is 1. The molecular formula is C11H11N3O3. The molecule has 88 valence electrons. The summed E-state index contributed by atoms with van der Waals surface area (Å²) < 4.78 is 1.33. The maximum atomic E-state index is 11.9. The maximum absolute atomic E-state index is 11.9. The molecule has 3 N–H and O–H groups in total. The molecule has 1 amide bonds. The van der Waals surface area contributed by atoms with Crippen LogP contribution in [-0.2, 0) is 7.05 Å². The highest BCUT2D eigenvalue weighted by atomic mass is 16.3. The van der Waals surface area contributed by atoms with E-state index in [1.54, 1.807) is 14.0 Å². The number of phenolic OH excluding ortho intramolecular Hbond substituents is 1. The van der Waals surface area contributed by atoms with Gasteiger partial charge in [-0.3, -0.25) is 14.2 Å². The topological polar surface area (TPSA) is 98.2 Å². The number of carbonyl (C=O) groups is 1. The van der Waals surface area contributed by atoms with Gasteiger partial charge in [-0.1, -0.05) is 0 Å². The van der Waals surface area contributed by atoms with Gasteiger partial charge in [0.1, 0.15) is 17.0 Å². The molecule has 0 bridgehead atoms. The van der Waals surface area contributed by atoms with Crippen molar-refractivity contribution in [1.29, 1.82) is 0 Å². The maximum Gasteiger partial charge on any atom is 0.264 e. The zero-order valence-corrected chi connectivity index (χ0v) is 9.39. The number of nitrogens with two attached hydrogens (primary N) is 1. The number of phenols is 1. The molecule has 0 unspecified atom stereocenters. The molecule has 0 saturated heterocycles. The van der Waals surface area contributed by atoms with E-state index in [-0.39, 0.29) is 27.8 Å². The average Bonchev–Trinajstić information content (AvgIpc) is 2.25. The smallest absolute Gasteiger partial charge is 0.264 e. The normalized spacial score (nSPS) is 10.7. The summed E-state index contributed by atoms with van der Waals surface area (Å²) in [7, 11) is 1.56. The van der Waals surface area contributed by atoms with Crippen molar-refractivity contribution in [1.82, 2.24) is 9.55 Å². The van der Waals surface area contributed by atoms with Crippen LogP contribution in [0.3, 0.4) is 0 Å². The second-order valence-electron chi connectivity index (χ2n) is 3.78. The molecule has 0 radical (unpaired) electrons. The number of amides is 1. The molecule has 1 heterocycles. The molecule has 0 atom stereocenters. The van der Waals surface area contributed by atoms with Gasteiger partial charge in [0.15, 0.2) is 0 Å². The molecule has 1 aromatic carbocycles. The summed E-state index contributed by atoms with van der Waals surface area (Å²) in [5, 5.41) is 9.82. The van der Waals surface area contributed by atoms with E-state index in [0.29, 0.717) is 5.82 Å². The van der Waals surface area contributed by atoms with Gasteiger partial charge < -0.3 is 10.8 Å². The third-order valence-corrected chi connectivity index (χ3v) is 2.67. The van der Waals surface area contributed by atoms with Gasteiger partial charge in [-0.2, -0.15) is 0 Å². The second-order valence-corrected chi connectivity index (χ2v) is 3.78. The van der Waals surface area contributed by atoms with Gasteiger partial charge in [-0.25, -0.2) is 4.98 Å². The molecule has 0 aliphatic heterocycles. The molecule has 0 spiro atoms. The van der Waals surface area contributed by atoms with E-state index in [2.05, 4.69) is 4.98 Å². The van der Waals surface area contributed by atoms with Crippen molar-refractivity contribution in [3.8, 4) is 5.75 Å². The summed E-state index contributed by atoms with van der Waals surface area (Å²) in [4.78, 5) is 27.1. The van der Waals surface area contributed by atoms with Crippen molar-refractivity contribution < 1.29 is 9.90 Å². The molecule has 0 aliphatic rings. The predicted octanol–water partition coefficient (Wildman–Crippen LogP) is 0.0464. The van der Waals surface area contributed by atoms with Crippen molar-refractivity contribution in [2.45, 2.75) is 6.92 Å². The minimum absolute atomic E-state index is 0.0862. The summed E-state index contributed by atoms with van der Waals surface area (Å²) >= 11 is 0. The Morgan fingerprint density at radius 1 is 1.47 bits per heavy atom. The lowest BCUT2D eigenvalue weighted by Gasteiger charge is -2.07. The van der Waals surface area contributed by atoms with Gasteiger partial charge >= 0.3 is 0 Å². The van der Waals surface area contributed by atoms with Crippen LogP contribution in [0.2, 0.25) is 0 Å². The first kappa shape index (κ1) is 11.1. The SMILES string of the molecule is Cc1nc2cc(C(N)=O)cc(O)c2c(=O)n1C. The van der Waals surface area contributed by atoms with Crippen LogP contribution < -0.4 is 11.3 Å². The minimum Gasteiger partial charge on any atom is -0.507 e. The van der Waals surface area contributed by atoms with Crippen molar-refractivity contribution >= 4 is 16.8 Å². The lowest BCUT2D eigenvalue weighted by Crippen LogP contribution is -2.21. The van der Waals surface area contributed by atoms with Crippen LogP contribution in [0, 0.1) is 6.92 Å². The van der Waals surface area contributed by atoms with Crippen molar-refractivity contribution in [3.05, 3.63) is 33.9 Å². The number of primary amides is 1. The molecule has 6 heteroatoms. The van der Waals surface area contributed by atoms with Crippen LogP contribution >= 0.6 is 0 Å². The fraction of sp³-hybridized carbons (Fsp3) is 0.182. The molecule has 1 aromatic heterocycles. The number of fused-ring (bicyclic) bond motifs is 1. The number of hydrogen-bond acceptors (Lipinski definition) is 4. The Morgan fingerprint density at radius 2 is 2.12 bits per heavy atom. The Hall–Kier alpha value is -2.37. The fourth-order valence-electron chi connectivity index (χ4n) is 1.63. The number of aryl methyl sites for hydroxylation is 1. The quantitative estimate of drug-likeness (QED) is 0.726. The van der Waals surface area contributed by atoms with Gasteiger partial charge in [0.2, 0.25) is 5.91 Å². The van der Waals surface area contributed by atoms with Crippen LogP contribution in [0.15, 0.2) is 16.9 Å². The van der Waals surface area contributed by atoms with E-state index in [0.717, 1.165) is 0 Å². The van der Waals surface area contributed by atoms with Crippen LogP contribution in [0.25, 0.3) is 10.9 Å². The first-order valence-corrected chi connectivity index (χ1v) is 4.92. The minimum atomic E-state index is -0.678. The van der Waals surface area contributed by atoms with Crippen LogP contribution in [0.5, 0.6) is 5.75 Å². The first-order valence-electron chi connectivity index (χ1n) is 4.92. The van der Waals surface area contributed by atoms with Gasteiger partial charge in [0.05, 0.1) is 5.52 Å². The van der Waals surface area contributed by atoms with Crippen LogP contribution in [0.1, 0.15) is 16.2 Å². The molecule has 6 nitrogen and oxygen atoms in total. The Balaban J connectivity index is 2.97. The number of aromatic hydroxyl groups is 1. The summed E-state index contributed by atoms with van der Waals surface area (Å²) in [6.45, 7) is 1.66. The average molecular weight is 233 g/mol. The summed E-state index contributed by atoms with van der Waals surface area (Å²) in [6, 6.07) is 2.56. The zero-order chi connectivity index (χ0) is 12.7. The van der Waals surface area contributed by atoms with Crippen LogP contribution in [0.4, 0.5) is 0 Å². The monoisotopic (exact) mass is 233 g/mol. The Labute approximate surface area is 96.3 Å². The third-order valence-electron chi connectivity index (χ3n) is 2.67. The molecule has 17 heavy (non-hydrogen) atoms. The second kappa shape index (κ2) is 3.58. The summed E-state index contributed by atoms with van der Waals surface area (Å²) in [5.41, 5.74) is 5.14. The van der Waals surface area contributed by atoms with Gasteiger partial charge in [-0.05, 0) is 19.1 Å². The van der Waals surface area contributed by atoms with E-state index in [1.807, 2.05) is 0 Å². The van der Waals surface area contributed by atoms with Crippen molar-refractivity contribution in [3.63, 3.8) is 0 Å². The summed E-state index contributed by atoms with van der Waals surface area (Å²) in [6.07, 6.45) is 0. The number of carbonyl (C=O) groups excluding carboxylic acids is 1. The van der Waals surface area contributed by atoms with E-state index < -0.39 is 5.91 Å². The highest BCUT2D eigenvalue weighted by molar-refractivity contribution is 5.98. The molecular weight excluding hydrogens is 222 g/mol. The number of benzene rings is 1. The van der Waals surface area contributed by atoms with E-state index in [9.17, 15) is 14.7 Å². The Kier molecular flexibility index (Phi) is 2.35. The van der Waals surface area contributed by atoms with Crippen molar-refractivity contribution in [2.24, 2.45) is 12.8 Å². The van der Waals surface area contributed by atoms with Gasteiger partial charge in [0, 0.05) is 12.6 Å². The van der Waals surface area contributed by atoms with Gasteiger partial charge in [0.25, 0.3) is 5.56 Å². The van der Waals surface area contributed by atoms with Crippen molar-refractivity contribution in [2.75, 3.05) is 0 Å². The molecule has 0 fully saturated rings. The Bertz CT molecular complexity index is 688. The Morgan fingerprint density at radius 3 is 2.71 bits per heavy atom. The first-order chi connectivity index (χ1) is 7.91. The molecule has 0 saturated carbocycles.